The zero-order valence-corrected chi connectivity index (χ0v) is 10.8. The molecular weight excluding hydrogens is 238 g/mol. The molecule has 0 aliphatic heterocycles. The molecule has 0 saturated heterocycles. The van der Waals surface area contributed by atoms with Gasteiger partial charge in [-0.15, -0.1) is 6.58 Å². The molecule has 0 unspecified atom stereocenters. The minimum Gasteiger partial charge on any atom is -0.383 e. The summed E-state index contributed by atoms with van der Waals surface area (Å²) in [4.78, 5) is 3.83. The predicted molar refractivity (Wildman–Crippen MR) is 67.9 cm³/mol. The molecule has 17 heavy (non-hydrogen) atoms. The summed E-state index contributed by atoms with van der Waals surface area (Å²) < 4.78 is 26.0. The molecule has 1 rings (SSSR count). The first-order valence-electron chi connectivity index (χ1n) is 5.24. The molecule has 6 heteroatoms. The topological polar surface area (TPSA) is 76.3 Å². The van der Waals surface area contributed by atoms with E-state index < -0.39 is 10.0 Å². The molecule has 0 saturated carbocycles. The third-order valence-electron chi connectivity index (χ3n) is 2.27. The zero-order valence-electron chi connectivity index (χ0n) is 10.00. The van der Waals surface area contributed by atoms with Gasteiger partial charge in [0.2, 0.25) is 10.0 Å². The molecule has 1 aromatic heterocycles. The second-order valence-electron chi connectivity index (χ2n) is 3.84. The lowest BCUT2D eigenvalue weighted by Gasteiger charge is -2.24. The summed E-state index contributed by atoms with van der Waals surface area (Å²) in [6.07, 6.45) is 3.01. The lowest BCUT2D eigenvalue weighted by atomic mass is 10.4. The van der Waals surface area contributed by atoms with Gasteiger partial charge in [-0.2, -0.15) is 4.31 Å². The summed E-state index contributed by atoms with van der Waals surface area (Å²) in [5.74, 6) is 0.0159. The molecule has 1 aromatic rings. The highest BCUT2D eigenvalue weighted by molar-refractivity contribution is 7.89. The van der Waals surface area contributed by atoms with Crippen molar-refractivity contribution >= 4 is 15.8 Å². The van der Waals surface area contributed by atoms with E-state index in [9.17, 15) is 8.42 Å². The van der Waals surface area contributed by atoms with Crippen LogP contribution in [0.5, 0.6) is 0 Å². The first kappa shape index (κ1) is 13.7. The van der Waals surface area contributed by atoms with Gasteiger partial charge in [-0.05, 0) is 26.0 Å². The Kier molecular flexibility index (Phi) is 4.25. The van der Waals surface area contributed by atoms with E-state index >= 15 is 0 Å². The summed E-state index contributed by atoms with van der Waals surface area (Å²) in [6.45, 7) is 7.40. The van der Waals surface area contributed by atoms with Crippen LogP contribution in [0, 0.1) is 0 Å². The van der Waals surface area contributed by atoms with E-state index in [2.05, 4.69) is 11.6 Å². The Hall–Kier alpha value is -1.40. The standard InChI is InChI=1S/C11H17N3O2S/c1-4-8-14(9(2)3)17(15,16)10-6-5-7-13-11(10)12/h4-7,9H,1,8H2,2-3H3,(H2,12,13). The third-order valence-corrected chi connectivity index (χ3v) is 4.36. The summed E-state index contributed by atoms with van der Waals surface area (Å²) in [5, 5.41) is 0. The number of hydrogen-bond acceptors (Lipinski definition) is 4. The molecule has 0 atom stereocenters. The van der Waals surface area contributed by atoms with E-state index in [4.69, 9.17) is 5.73 Å². The van der Waals surface area contributed by atoms with Crippen LogP contribution in [0.4, 0.5) is 5.82 Å². The first-order chi connectivity index (χ1) is 7.91. The summed E-state index contributed by atoms with van der Waals surface area (Å²) in [7, 11) is -3.62. The van der Waals surface area contributed by atoms with Crippen molar-refractivity contribution in [1.29, 1.82) is 0 Å². The highest BCUT2D eigenvalue weighted by atomic mass is 32.2. The largest absolute Gasteiger partial charge is 0.383 e. The van der Waals surface area contributed by atoms with Crippen molar-refractivity contribution in [3.05, 3.63) is 31.0 Å². The Balaban J connectivity index is 3.26. The Morgan fingerprint density at radius 3 is 2.71 bits per heavy atom. The molecule has 94 valence electrons. The number of sulfonamides is 1. The summed E-state index contributed by atoms with van der Waals surface area (Å²) in [6, 6.07) is 2.84. The van der Waals surface area contributed by atoms with E-state index in [0.717, 1.165) is 0 Å². The average molecular weight is 255 g/mol. The van der Waals surface area contributed by atoms with Gasteiger partial charge in [0.15, 0.2) is 0 Å². The highest BCUT2D eigenvalue weighted by Crippen LogP contribution is 2.21. The van der Waals surface area contributed by atoms with Crippen molar-refractivity contribution in [3.63, 3.8) is 0 Å². The third kappa shape index (κ3) is 2.83. The van der Waals surface area contributed by atoms with Crippen molar-refractivity contribution in [2.24, 2.45) is 0 Å². The van der Waals surface area contributed by atoms with Crippen LogP contribution >= 0.6 is 0 Å². The van der Waals surface area contributed by atoms with Crippen LogP contribution in [0.1, 0.15) is 13.8 Å². The second-order valence-corrected chi connectivity index (χ2v) is 5.70. The van der Waals surface area contributed by atoms with Crippen molar-refractivity contribution in [2.45, 2.75) is 24.8 Å². The number of pyridine rings is 1. The monoisotopic (exact) mass is 255 g/mol. The van der Waals surface area contributed by atoms with Gasteiger partial charge < -0.3 is 5.73 Å². The van der Waals surface area contributed by atoms with Gasteiger partial charge in [0.1, 0.15) is 10.7 Å². The SMILES string of the molecule is C=CCN(C(C)C)S(=O)(=O)c1cccnc1N. The van der Waals surface area contributed by atoms with Gasteiger partial charge in [-0.3, -0.25) is 0 Å². The maximum absolute atomic E-state index is 12.3. The Bertz CT molecular complexity index is 497. The van der Waals surface area contributed by atoms with Gasteiger partial charge in [-0.25, -0.2) is 13.4 Å². The van der Waals surface area contributed by atoms with Crippen LogP contribution in [0.2, 0.25) is 0 Å². The lowest BCUT2D eigenvalue weighted by molar-refractivity contribution is 0.383. The number of anilines is 1. The quantitative estimate of drug-likeness (QED) is 0.803. The summed E-state index contributed by atoms with van der Waals surface area (Å²) in [5.41, 5.74) is 5.60. The molecule has 0 aromatic carbocycles. The molecule has 0 spiro atoms. The van der Waals surface area contributed by atoms with Crippen molar-refractivity contribution in [3.8, 4) is 0 Å². The predicted octanol–water partition coefficient (Wildman–Crippen LogP) is 1.25. The van der Waals surface area contributed by atoms with Gasteiger partial charge in [0.25, 0.3) is 0 Å². The number of aromatic nitrogens is 1. The zero-order chi connectivity index (χ0) is 13.1. The van der Waals surface area contributed by atoms with E-state index in [-0.39, 0.29) is 23.3 Å². The highest BCUT2D eigenvalue weighted by Gasteiger charge is 2.27. The normalized spacial score (nSPS) is 12.0. The van der Waals surface area contributed by atoms with Crippen LogP contribution in [-0.2, 0) is 10.0 Å². The molecule has 2 N–H and O–H groups in total. The van der Waals surface area contributed by atoms with Crippen molar-refractivity contribution in [1.82, 2.24) is 9.29 Å². The average Bonchev–Trinajstić information content (AvgIpc) is 2.25. The molecule has 1 heterocycles. The molecule has 0 radical (unpaired) electrons. The van der Waals surface area contributed by atoms with Crippen molar-refractivity contribution in [2.75, 3.05) is 12.3 Å². The van der Waals surface area contributed by atoms with Gasteiger partial charge in [-0.1, -0.05) is 6.08 Å². The molecule has 0 aliphatic carbocycles. The Labute approximate surface area is 102 Å². The van der Waals surface area contributed by atoms with Gasteiger partial charge in [0, 0.05) is 18.8 Å². The van der Waals surface area contributed by atoms with Crippen LogP contribution in [0.3, 0.4) is 0 Å². The van der Waals surface area contributed by atoms with Gasteiger partial charge in [0.05, 0.1) is 0 Å². The number of rotatable bonds is 5. The second kappa shape index (κ2) is 5.29. The van der Waals surface area contributed by atoms with Gasteiger partial charge >= 0.3 is 0 Å². The maximum atomic E-state index is 12.3. The molecule has 0 amide bonds. The Morgan fingerprint density at radius 1 is 1.59 bits per heavy atom. The van der Waals surface area contributed by atoms with Crippen molar-refractivity contribution < 1.29 is 8.42 Å². The number of hydrogen-bond donors (Lipinski definition) is 1. The summed E-state index contributed by atoms with van der Waals surface area (Å²) >= 11 is 0. The van der Waals surface area contributed by atoms with Crippen LogP contribution in [-0.4, -0.2) is 30.3 Å². The number of nitrogens with zero attached hydrogens (tertiary/aromatic N) is 2. The maximum Gasteiger partial charge on any atom is 0.247 e. The number of nitrogens with two attached hydrogens (primary N) is 1. The molecular formula is C11H17N3O2S. The minimum absolute atomic E-state index is 0.0159. The molecule has 0 bridgehead atoms. The molecule has 5 nitrogen and oxygen atoms in total. The molecule has 0 fully saturated rings. The number of nitrogen functional groups attached to an aromatic ring is 1. The Morgan fingerprint density at radius 2 is 2.24 bits per heavy atom. The first-order valence-corrected chi connectivity index (χ1v) is 6.68. The van der Waals surface area contributed by atoms with E-state index in [1.807, 2.05) is 0 Å². The van der Waals surface area contributed by atoms with Crippen LogP contribution in [0.15, 0.2) is 35.9 Å². The fourth-order valence-corrected chi connectivity index (χ4v) is 3.14. The molecule has 0 aliphatic rings. The minimum atomic E-state index is -3.62. The lowest BCUT2D eigenvalue weighted by Crippen LogP contribution is -2.37. The van der Waals surface area contributed by atoms with E-state index in [1.165, 1.54) is 16.6 Å². The van der Waals surface area contributed by atoms with Crippen LogP contribution in [0.25, 0.3) is 0 Å². The fraction of sp³-hybridized carbons (Fsp3) is 0.364. The fourth-order valence-electron chi connectivity index (χ4n) is 1.46. The van der Waals surface area contributed by atoms with E-state index in [0.29, 0.717) is 0 Å². The smallest absolute Gasteiger partial charge is 0.247 e. The van der Waals surface area contributed by atoms with Crippen LogP contribution < -0.4 is 5.73 Å². The van der Waals surface area contributed by atoms with E-state index in [1.54, 1.807) is 26.0 Å².